The van der Waals surface area contributed by atoms with Crippen LogP contribution in [0.3, 0.4) is 0 Å². The summed E-state index contributed by atoms with van der Waals surface area (Å²) in [5, 5.41) is 9.13. The number of carboxylic acid groups (broad SMARTS) is 1. The van der Waals surface area contributed by atoms with E-state index in [-0.39, 0.29) is 11.3 Å². The number of rotatable bonds is 4. The smallest absolute Gasteiger partial charge is 0.306 e. The van der Waals surface area contributed by atoms with Crippen LogP contribution in [0.1, 0.15) is 85.0 Å². The first-order valence-corrected chi connectivity index (χ1v) is 8.16. The first kappa shape index (κ1) is 16.5. The fourth-order valence-electron chi connectivity index (χ4n) is 3.63. The van der Waals surface area contributed by atoms with Gasteiger partial charge < -0.3 is 5.11 Å². The van der Waals surface area contributed by atoms with E-state index < -0.39 is 5.97 Å². The number of carboxylic acids is 1. The molecule has 1 atom stereocenters. The standard InChI is InChI=1S/C17H32O2/c1-14(16(18)19)13-17(2,3)15-11-9-7-5-4-6-8-10-12-15/h14-15H,4-13H2,1-3H3,(H,18,19). The maximum atomic E-state index is 11.1. The Kier molecular flexibility index (Phi) is 6.88. The van der Waals surface area contributed by atoms with Gasteiger partial charge >= 0.3 is 5.97 Å². The van der Waals surface area contributed by atoms with Gasteiger partial charge in [-0.3, -0.25) is 4.79 Å². The van der Waals surface area contributed by atoms with Crippen LogP contribution in [0.25, 0.3) is 0 Å². The molecule has 112 valence electrons. The molecule has 2 heteroatoms. The van der Waals surface area contributed by atoms with Crippen LogP contribution in [-0.2, 0) is 4.79 Å². The Morgan fingerprint density at radius 3 is 1.89 bits per heavy atom. The Balaban J connectivity index is 2.57. The predicted molar refractivity (Wildman–Crippen MR) is 80.2 cm³/mol. The quantitative estimate of drug-likeness (QED) is 0.754. The van der Waals surface area contributed by atoms with Gasteiger partial charge in [-0.25, -0.2) is 0 Å². The molecule has 1 N–H and O–H groups in total. The number of hydrogen-bond donors (Lipinski definition) is 1. The van der Waals surface area contributed by atoms with Crippen LogP contribution >= 0.6 is 0 Å². The van der Waals surface area contributed by atoms with Gasteiger partial charge in [0.2, 0.25) is 0 Å². The maximum Gasteiger partial charge on any atom is 0.306 e. The molecule has 0 spiro atoms. The van der Waals surface area contributed by atoms with Crippen molar-refractivity contribution in [1.82, 2.24) is 0 Å². The lowest BCUT2D eigenvalue weighted by molar-refractivity contribution is -0.142. The van der Waals surface area contributed by atoms with E-state index in [1.807, 2.05) is 6.92 Å². The normalized spacial score (nSPS) is 21.8. The van der Waals surface area contributed by atoms with Crippen LogP contribution in [0.15, 0.2) is 0 Å². The van der Waals surface area contributed by atoms with Crippen LogP contribution in [-0.4, -0.2) is 11.1 Å². The lowest BCUT2D eigenvalue weighted by Crippen LogP contribution is -2.29. The minimum absolute atomic E-state index is 0.164. The summed E-state index contributed by atoms with van der Waals surface area (Å²) in [5.41, 5.74) is 0.164. The summed E-state index contributed by atoms with van der Waals surface area (Å²) in [4.78, 5) is 11.1. The lowest BCUT2D eigenvalue weighted by atomic mass is 9.69. The van der Waals surface area contributed by atoms with E-state index in [0.717, 1.165) is 6.42 Å². The van der Waals surface area contributed by atoms with Crippen molar-refractivity contribution in [3.05, 3.63) is 0 Å². The van der Waals surface area contributed by atoms with E-state index in [4.69, 9.17) is 5.11 Å². The van der Waals surface area contributed by atoms with Crippen molar-refractivity contribution in [2.75, 3.05) is 0 Å². The van der Waals surface area contributed by atoms with Gasteiger partial charge in [0.25, 0.3) is 0 Å². The van der Waals surface area contributed by atoms with Crippen LogP contribution in [0.4, 0.5) is 0 Å². The number of aliphatic carboxylic acids is 1. The van der Waals surface area contributed by atoms with Gasteiger partial charge in [0.05, 0.1) is 5.92 Å². The Morgan fingerprint density at radius 1 is 1.05 bits per heavy atom. The van der Waals surface area contributed by atoms with Gasteiger partial charge in [-0.15, -0.1) is 0 Å². The Morgan fingerprint density at radius 2 is 1.47 bits per heavy atom. The first-order valence-electron chi connectivity index (χ1n) is 8.16. The average Bonchev–Trinajstić information content (AvgIpc) is 2.35. The van der Waals surface area contributed by atoms with Crippen molar-refractivity contribution in [1.29, 1.82) is 0 Å². The van der Waals surface area contributed by atoms with Crippen LogP contribution < -0.4 is 0 Å². The largest absolute Gasteiger partial charge is 0.481 e. The monoisotopic (exact) mass is 268 g/mol. The molecule has 1 fully saturated rings. The van der Waals surface area contributed by atoms with E-state index in [0.29, 0.717) is 5.92 Å². The van der Waals surface area contributed by atoms with E-state index >= 15 is 0 Å². The molecule has 1 saturated carbocycles. The van der Waals surface area contributed by atoms with Gasteiger partial charge in [0.1, 0.15) is 0 Å². The van der Waals surface area contributed by atoms with Crippen molar-refractivity contribution in [3.63, 3.8) is 0 Å². The van der Waals surface area contributed by atoms with Gasteiger partial charge in [-0.2, -0.15) is 0 Å². The van der Waals surface area contributed by atoms with Crippen molar-refractivity contribution in [2.24, 2.45) is 17.3 Å². The molecule has 1 aliphatic carbocycles. The second kappa shape index (κ2) is 7.91. The summed E-state index contributed by atoms with van der Waals surface area (Å²) in [5.74, 6) is -0.161. The van der Waals surface area contributed by atoms with E-state index in [1.165, 1.54) is 57.8 Å². The SMILES string of the molecule is CC(CC(C)(C)C1CCCCCCCCC1)C(=O)O. The van der Waals surface area contributed by atoms with E-state index in [1.54, 1.807) is 0 Å². The Bertz CT molecular complexity index is 260. The molecule has 1 unspecified atom stereocenters. The Hall–Kier alpha value is -0.530. The zero-order chi connectivity index (χ0) is 14.3. The molecular weight excluding hydrogens is 236 g/mol. The average molecular weight is 268 g/mol. The van der Waals surface area contributed by atoms with Gasteiger partial charge in [0.15, 0.2) is 0 Å². The molecule has 2 nitrogen and oxygen atoms in total. The minimum atomic E-state index is -0.645. The maximum absolute atomic E-state index is 11.1. The third-order valence-electron chi connectivity index (χ3n) is 4.96. The number of hydrogen-bond acceptors (Lipinski definition) is 1. The lowest BCUT2D eigenvalue weighted by Gasteiger charge is -2.36. The first-order chi connectivity index (χ1) is 8.93. The van der Waals surface area contributed by atoms with Crippen molar-refractivity contribution < 1.29 is 9.90 Å². The summed E-state index contributed by atoms with van der Waals surface area (Å²) in [7, 11) is 0. The van der Waals surface area contributed by atoms with E-state index in [2.05, 4.69) is 13.8 Å². The van der Waals surface area contributed by atoms with Gasteiger partial charge in [0, 0.05) is 0 Å². The zero-order valence-electron chi connectivity index (χ0n) is 13.1. The highest BCUT2D eigenvalue weighted by Crippen LogP contribution is 2.40. The molecule has 0 aromatic carbocycles. The topological polar surface area (TPSA) is 37.3 Å². The molecule has 1 aliphatic rings. The summed E-state index contributed by atoms with van der Waals surface area (Å²) in [6.07, 6.45) is 13.0. The van der Waals surface area contributed by atoms with Gasteiger partial charge in [-0.05, 0) is 30.6 Å². The second-order valence-electron chi connectivity index (χ2n) is 7.18. The summed E-state index contributed by atoms with van der Waals surface area (Å²) < 4.78 is 0. The van der Waals surface area contributed by atoms with Crippen LogP contribution in [0, 0.1) is 17.3 Å². The fourth-order valence-corrected chi connectivity index (χ4v) is 3.63. The fraction of sp³-hybridized carbons (Fsp3) is 0.941. The zero-order valence-corrected chi connectivity index (χ0v) is 13.1. The summed E-state index contributed by atoms with van der Waals surface area (Å²) in [6.45, 7) is 6.41. The molecule has 19 heavy (non-hydrogen) atoms. The third kappa shape index (κ3) is 5.97. The molecule has 0 amide bonds. The van der Waals surface area contributed by atoms with Crippen molar-refractivity contribution in [2.45, 2.75) is 85.0 Å². The highest BCUT2D eigenvalue weighted by atomic mass is 16.4. The van der Waals surface area contributed by atoms with Crippen molar-refractivity contribution >= 4 is 5.97 Å². The predicted octanol–water partition coefficient (Wildman–Crippen LogP) is 5.26. The molecular formula is C17H32O2. The molecule has 0 aliphatic heterocycles. The number of carbonyl (C=O) groups is 1. The van der Waals surface area contributed by atoms with Crippen LogP contribution in [0.2, 0.25) is 0 Å². The highest BCUT2D eigenvalue weighted by molar-refractivity contribution is 5.69. The van der Waals surface area contributed by atoms with Crippen LogP contribution in [0.5, 0.6) is 0 Å². The molecule has 0 heterocycles. The molecule has 0 saturated heterocycles. The second-order valence-corrected chi connectivity index (χ2v) is 7.18. The highest BCUT2D eigenvalue weighted by Gasteiger charge is 2.32. The third-order valence-corrected chi connectivity index (χ3v) is 4.96. The van der Waals surface area contributed by atoms with Crippen molar-refractivity contribution in [3.8, 4) is 0 Å². The molecule has 0 aromatic rings. The van der Waals surface area contributed by atoms with E-state index in [9.17, 15) is 4.79 Å². The summed E-state index contributed by atoms with van der Waals surface area (Å²) >= 11 is 0. The molecule has 1 rings (SSSR count). The summed E-state index contributed by atoms with van der Waals surface area (Å²) in [6, 6.07) is 0. The molecule has 0 aromatic heterocycles. The molecule has 0 radical (unpaired) electrons. The minimum Gasteiger partial charge on any atom is -0.481 e. The molecule has 0 bridgehead atoms. The van der Waals surface area contributed by atoms with Gasteiger partial charge in [-0.1, -0.05) is 65.7 Å². The Labute approximate surface area is 119 Å².